The van der Waals surface area contributed by atoms with E-state index in [-0.39, 0.29) is 5.91 Å². The number of carbonyl (C=O) groups is 2. The van der Waals surface area contributed by atoms with Gasteiger partial charge in [0.2, 0.25) is 0 Å². The normalized spacial score (nSPS) is 16.4. The maximum Gasteiger partial charge on any atom is 0.341 e. The Hall–Kier alpha value is -2.25. The van der Waals surface area contributed by atoms with Crippen LogP contribution in [0.15, 0.2) is 24.3 Å². The van der Waals surface area contributed by atoms with Crippen LogP contribution in [0.5, 0.6) is 0 Å². The summed E-state index contributed by atoms with van der Waals surface area (Å²) in [6.07, 6.45) is 0.772. The summed E-state index contributed by atoms with van der Waals surface area (Å²) in [5.74, 6) is -1.22. The molecule has 1 aromatic heterocycles. The minimum absolute atomic E-state index is 0.335. The number of thiophene rings is 1. The lowest BCUT2D eigenvalue weighted by Gasteiger charge is -2.19. The summed E-state index contributed by atoms with van der Waals surface area (Å²) in [5.41, 5.74) is 1.74. The zero-order valence-electron chi connectivity index (χ0n) is 13.4. The number of amides is 1. The quantitative estimate of drug-likeness (QED) is 0.826. The Morgan fingerprint density at radius 3 is 2.67 bits per heavy atom. The largest absolute Gasteiger partial charge is 0.465 e. The fourth-order valence-corrected chi connectivity index (χ4v) is 4.15. The molecule has 5 nitrogen and oxygen atoms in total. The van der Waals surface area contributed by atoms with Crippen molar-refractivity contribution in [1.82, 2.24) is 0 Å². The Morgan fingerprint density at radius 2 is 2.00 bits per heavy atom. The second-order valence-corrected chi connectivity index (χ2v) is 6.90. The average molecular weight is 349 g/mol. The minimum Gasteiger partial charge on any atom is -0.465 e. The number of carbonyl (C=O) groups excluding carboxylic acids is 2. The van der Waals surface area contributed by atoms with Gasteiger partial charge in [-0.25, -0.2) is 9.18 Å². The molecule has 7 heteroatoms. The Balaban J connectivity index is 1.93. The molecule has 0 saturated heterocycles. The average Bonchev–Trinajstić information content (AvgIpc) is 2.91. The van der Waals surface area contributed by atoms with Crippen molar-refractivity contribution in [2.75, 3.05) is 26.0 Å². The van der Waals surface area contributed by atoms with E-state index < -0.39 is 11.8 Å². The first-order valence-corrected chi connectivity index (χ1v) is 8.42. The van der Waals surface area contributed by atoms with Crippen LogP contribution in [0.1, 0.15) is 31.2 Å². The molecule has 3 rings (SSSR count). The Kier molecular flexibility index (Phi) is 4.64. The second kappa shape index (κ2) is 6.70. The molecule has 1 aliphatic rings. The number of benzene rings is 1. The number of rotatable bonds is 3. The third-order valence-electron chi connectivity index (χ3n) is 4.08. The Labute approximate surface area is 143 Å². The lowest BCUT2D eigenvalue weighted by Crippen LogP contribution is -3.08. The molecule has 0 saturated carbocycles. The number of fused-ring (bicyclic) bond motifs is 1. The first kappa shape index (κ1) is 16.6. The zero-order valence-corrected chi connectivity index (χ0v) is 14.3. The van der Waals surface area contributed by atoms with Crippen molar-refractivity contribution >= 4 is 28.2 Å². The topological polar surface area (TPSA) is 59.8 Å². The molecule has 1 aromatic carbocycles. The van der Waals surface area contributed by atoms with E-state index in [4.69, 9.17) is 4.74 Å². The third-order valence-corrected chi connectivity index (χ3v) is 5.23. The van der Waals surface area contributed by atoms with Gasteiger partial charge in [-0.2, -0.15) is 0 Å². The van der Waals surface area contributed by atoms with Crippen molar-refractivity contribution in [3.8, 4) is 0 Å². The molecular weight excluding hydrogens is 331 g/mol. The number of hydrogen-bond donors (Lipinski definition) is 2. The molecular formula is C17H18FN2O3S+. The molecule has 1 amide bonds. The number of hydrogen-bond acceptors (Lipinski definition) is 4. The van der Waals surface area contributed by atoms with Gasteiger partial charge >= 0.3 is 5.97 Å². The summed E-state index contributed by atoms with van der Waals surface area (Å²) in [6, 6.07) is 5.28. The Bertz CT molecular complexity index is 786. The summed E-state index contributed by atoms with van der Waals surface area (Å²) in [4.78, 5) is 27.0. The van der Waals surface area contributed by atoms with E-state index in [2.05, 4.69) is 12.4 Å². The molecule has 0 bridgehead atoms. The van der Waals surface area contributed by atoms with Crippen LogP contribution in [0.25, 0.3) is 0 Å². The fourth-order valence-electron chi connectivity index (χ4n) is 2.80. The van der Waals surface area contributed by atoms with Crippen molar-refractivity contribution in [2.24, 2.45) is 0 Å². The van der Waals surface area contributed by atoms with E-state index >= 15 is 0 Å². The molecule has 0 fully saturated rings. The maximum atomic E-state index is 13.0. The smallest absolute Gasteiger partial charge is 0.341 e. The number of halogens is 1. The number of quaternary nitrogens is 1. The molecule has 0 aliphatic carbocycles. The van der Waals surface area contributed by atoms with Gasteiger partial charge in [0.15, 0.2) is 0 Å². The summed E-state index contributed by atoms with van der Waals surface area (Å²) >= 11 is 1.41. The summed E-state index contributed by atoms with van der Waals surface area (Å²) in [7, 11) is 3.43. The van der Waals surface area contributed by atoms with E-state index in [9.17, 15) is 14.0 Å². The van der Waals surface area contributed by atoms with Crippen LogP contribution >= 0.6 is 11.3 Å². The van der Waals surface area contributed by atoms with Gasteiger partial charge in [0.1, 0.15) is 17.4 Å². The van der Waals surface area contributed by atoms with Gasteiger partial charge in [-0.15, -0.1) is 11.3 Å². The van der Waals surface area contributed by atoms with Gasteiger partial charge in [-0.3, -0.25) is 4.79 Å². The van der Waals surface area contributed by atoms with Gasteiger partial charge in [0, 0.05) is 12.0 Å². The lowest BCUT2D eigenvalue weighted by atomic mass is 10.0. The van der Waals surface area contributed by atoms with Gasteiger partial charge < -0.3 is 15.0 Å². The molecule has 1 atom stereocenters. The lowest BCUT2D eigenvalue weighted by molar-refractivity contribution is -0.895. The van der Waals surface area contributed by atoms with Crippen LogP contribution in [0.2, 0.25) is 0 Å². The van der Waals surface area contributed by atoms with Gasteiger partial charge in [-0.1, -0.05) is 0 Å². The Morgan fingerprint density at radius 1 is 1.29 bits per heavy atom. The minimum atomic E-state index is -0.443. The highest BCUT2D eigenvalue weighted by Gasteiger charge is 2.30. The molecule has 0 spiro atoms. The van der Waals surface area contributed by atoms with Crippen LogP contribution in [-0.2, 0) is 17.7 Å². The molecule has 126 valence electrons. The number of esters is 1. The highest BCUT2D eigenvalue weighted by molar-refractivity contribution is 7.17. The van der Waals surface area contributed by atoms with Crippen molar-refractivity contribution in [3.63, 3.8) is 0 Å². The van der Waals surface area contributed by atoms with Crippen LogP contribution in [0.4, 0.5) is 9.39 Å². The van der Waals surface area contributed by atoms with Gasteiger partial charge in [0.25, 0.3) is 5.91 Å². The first-order valence-electron chi connectivity index (χ1n) is 7.60. The molecule has 1 aliphatic heterocycles. The molecule has 1 unspecified atom stereocenters. The molecule has 2 aromatic rings. The predicted molar refractivity (Wildman–Crippen MR) is 89.2 cm³/mol. The summed E-state index contributed by atoms with van der Waals surface area (Å²) in [6.45, 7) is 1.75. The predicted octanol–water partition coefficient (Wildman–Crippen LogP) is 1.50. The van der Waals surface area contributed by atoms with Crippen molar-refractivity contribution < 1.29 is 23.6 Å². The van der Waals surface area contributed by atoms with Crippen LogP contribution in [0, 0.1) is 5.82 Å². The number of nitrogens with one attached hydrogen (secondary N) is 2. The third kappa shape index (κ3) is 3.18. The van der Waals surface area contributed by atoms with Gasteiger partial charge in [0.05, 0.1) is 31.1 Å². The summed E-state index contributed by atoms with van der Waals surface area (Å²) in [5, 5.41) is 3.28. The van der Waals surface area contributed by atoms with Crippen molar-refractivity contribution in [1.29, 1.82) is 0 Å². The number of likely N-dealkylation sites (N-methyl/N-ethyl adjacent to an activating group) is 1. The highest BCUT2D eigenvalue weighted by Crippen LogP contribution is 2.35. The number of ether oxygens (including phenoxy) is 1. The standard InChI is InChI=1S/C17H17FN2O3S/c1-20-8-7-12-13(9-20)24-16(14(12)17(22)23-2)19-15(21)10-3-5-11(18)6-4-10/h3-6H,7-9H2,1-2H3,(H,19,21)/p+1. The van der Waals surface area contributed by atoms with Crippen LogP contribution in [0.3, 0.4) is 0 Å². The van der Waals surface area contributed by atoms with E-state index in [1.165, 1.54) is 47.6 Å². The number of methoxy groups -OCH3 is 1. The van der Waals surface area contributed by atoms with E-state index in [0.29, 0.717) is 16.1 Å². The van der Waals surface area contributed by atoms with Crippen molar-refractivity contribution in [3.05, 3.63) is 51.7 Å². The molecule has 24 heavy (non-hydrogen) atoms. The van der Waals surface area contributed by atoms with E-state index in [1.807, 2.05) is 0 Å². The van der Waals surface area contributed by atoms with Crippen LogP contribution in [-0.4, -0.2) is 32.6 Å². The van der Waals surface area contributed by atoms with Crippen molar-refractivity contribution in [2.45, 2.75) is 13.0 Å². The van der Waals surface area contributed by atoms with E-state index in [0.717, 1.165) is 30.0 Å². The van der Waals surface area contributed by atoms with Gasteiger partial charge in [-0.05, 0) is 29.8 Å². The molecule has 0 radical (unpaired) electrons. The van der Waals surface area contributed by atoms with Crippen LogP contribution < -0.4 is 10.2 Å². The molecule has 2 N–H and O–H groups in total. The highest BCUT2D eigenvalue weighted by atomic mass is 32.1. The first-order chi connectivity index (χ1) is 11.5. The molecule has 2 heterocycles. The second-order valence-electron chi connectivity index (χ2n) is 5.79. The fraction of sp³-hybridized carbons (Fsp3) is 0.294. The maximum absolute atomic E-state index is 13.0. The number of anilines is 1. The zero-order chi connectivity index (χ0) is 17.3. The van der Waals surface area contributed by atoms with E-state index in [1.54, 1.807) is 0 Å². The summed E-state index contributed by atoms with van der Waals surface area (Å²) < 4.78 is 17.9. The monoisotopic (exact) mass is 349 g/mol. The SMILES string of the molecule is COC(=O)c1c(NC(=O)c2ccc(F)cc2)sc2c1CC[NH+](C)C2.